The molecule has 1 aromatic carbocycles. The topological polar surface area (TPSA) is 112 Å². The van der Waals surface area contributed by atoms with Crippen molar-refractivity contribution in [2.24, 2.45) is 0 Å². The van der Waals surface area contributed by atoms with E-state index in [0.717, 1.165) is 5.56 Å². The van der Waals surface area contributed by atoms with Crippen LogP contribution >= 0.6 is 0 Å². The maximum atomic E-state index is 12.2. The van der Waals surface area contributed by atoms with Crippen LogP contribution in [0.15, 0.2) is 24.3 Å². The minimum atomic E-state index is -0.596. The molecule has 0 fully saturated rings. The fourth-order valence-electron chi connectivity index (χ4n) is 2.64. The molecule has 0 aliphatic carbocycles. The number of Topliss-reactive ketones (excluding diaryl/α,β-unsaturated/α-hetero) is 1. The number of carbonyl (C=O) groups excluding carboxylic acids is 3. The Bertz CT molecular complexity index is 889. The summed E-state index contributed by atoms with van der Waals surface area (Å²) < 4.78 is 4.76. The number of ketones is 1. The molecular weight excluding hydrogens is 334 g/mol. The number of carbonyl (C=O) groups is 3. The highest BCUT2D eigenvalue weighted by molar-refractivity contribution is 6.01. The number of esters is 1. The molecule has 134 valence electrons. The average molecular weight is 353 g/mol. The van der Waals surface area contributed by atoms with Gasteiger partial charge in [0, 0.05) is 19.2 Å². The Morgan fingerprint density at radius 1 is 1.23 bits per heavy atom. The lowest BCUT2D eigenvalue weighted by Gasteiger charge is -2.06. The van der Waals surface area contributed by atoms with E-state index in [1.165, 1.54) is 14.0 Å². The second-order valence-electron chi connectivity index (χ2n) is 5.79. The molecular formula is C19H19N3O4. The second-order valence-corrected chi connectivity index (χ2v) is 5.79. The first-order valence-electron chi connectivity index (χ1n) is 7.93. The predicted molar refractivity (Wildman–Crippen MR) is 93.6 cm³/mol. The number of aromatic amines is 1. The van der Waals surface area contributed by atoms with E-state index in [1.54, 1.807) is 31.2 Å². The number of nitrogens with zero attached hydrogens (tertiary/aromatic N) is 1. The SMILES string of the molecule is COC(=O)c1c(CC(=O)NCc2ccc(C#N)cc2)[nH]c(C(C)=O)c1C. The molecule has 1 aromatic heterocycles. The molecule has 7 nitrogen and oxygen atoms in total. The van der Waals surface area contributed by atoms with Crippen LogP contribution in [0.4, 0.5) is 0 Å². The third-order valence-electron chi connectivity index (χ3n) is 3.98. The van der Waals surface area contributed by atoms with Crippen molar-refractivity contribution in [2.45, 2.75) is 26.8 Å². The first kappa shape index (κ1) is 18.9. The molecule has 2 rings (SSSR count). The van der Waals surface area contributed by atoms with E-state index in [9.17, 15) is 14.4 Å². The van der Waals surface area contributed by atoms with Crippen LogP contribution in [-0.2, 0) is 22.5 Å². The summed E-state index contributed by atoms with van der Waals surface area (Å²) in [6.45, 7) is 3.31. The van der Waals surface area contributed by atoms with Gasteiger partial charge in [0.2, 0.25) is 5.91 Å². The third kappa shape index (κ3) is 4.16. The highest BCUT2D eigenvalue weighted by Crippen LogP contribution is 2.20. The van der Waals surface area contributed by atoms with E-state index >= 15 is 0 Å². The van der Waals surface area contributed by atoms with E-state index in [1.807, 2.05) is 6.07 Å². The highest BCUT2D eigenvalue weighted by atomic mass is 16.5. The van der Waals surface area contributed by atoms with E-state index < -0.39 is 5.97 Å². The van der Waals surface area contributed by atoms with Gasteiger partial charge in [-0.3, -0.25) is 9.59 Å². The lowest BCUT2D eigenvalue weighted by Crippen LogP contribution is -2.25. The van der Waals surface area contributed by atoms with E-state index in [-0.39, 0.29) is 30.2 Å². The van der Waals surface area contributed by atoms with Crippen LogP contribution in [0.1, 0.15) is 50.2 Å². The number of H-pyrrole nitrogens is 1. The van der Waals surface area contributed by atoms with Crippen molar-refractivity contribution >= 4 is 17.7 Å². The van der Waals surface area contributed by atoms with Crippen molar-refractivity contribution in [3.8, 4) is 6.07 Å². The standard InChI is InChI=1S/C19H19N3O4/c1-11-17(19(25)26-3)15(22-18(11)12(2)23)8-16(24)21-10-14-6-4-13(9-20)5-7-14/h4-7,22H,8,10H2,1-3H3,(H,21,24). The highest BCUT2D eigenvalue weighted by Gasteiger charge is 2.24. The molecule has 1 amide bonds. The van der Waals surface area contributed by atoms with Crippen LogP contribution in [0.3, 0.4) is 0 Å². The summed E-state index contributed by atoms with van der Waals surface area (Å²) in [5.41, 5.74) is 2.71. The number of ether oxygens (including phenoxy) is 1. The van der Waals surface area contributed by atoms with Gasteiger partial charge in [-0.1, -0.05) is 12.1 Å². The number of methoxy groups -OCH3 is 1. The zero-order valence-corrected chi connectivity index (χ0v) is 14.8. The van der Waals surface area contributed by atoms with E-state index in [2.05, 4.69) is 10.3 Å². The fourth-order valence-corrected chi connectivity index (χ4v) is 2.64. The number of nitrogens with one attached hydrogen (secondary N) is 2. The smallest absolute Gasteiger partial charge is 0.339 e. The fraction of sp³-hybridized carbons (Fsp3) is 0.263. The molecule has 26 heavy (non-hydrogen) atoms. The number of benzene rings is 1. The Balaban J connectivity index is 2.12. The van der Waals surface area contributed by atoms with E-state index in [4.69, 9.17) is 10.00 Å². The lowest BCUT2D eigenvalue weighted by molar-refractivity contribution is -0.120. The van der Waals surface area contributed by atoms with Gasteiger partial charge in [0.1, 0.15) is 0 Å². The zero-order valence-electron chi connectivity index (χ0n) is 14.8. The maximum Gasteiger partial charge on any atom is 0.339 e. The van der Waals surface area contributed by atoms with Gasteiger partial charge in [-0.25, -0.2) is 4.79 Å². The van der Waals surface area contributed by atoms with Crippen LogP contribution in [0.25, 0.3) is 0 Å². The number of amides is 1. The number of rotatable bonds is 6. The Morgan fingerprint density at radius 3 is 2.42 bits per heavy atom. The van der Waals surface area contributed by atoms with Crippen molar-refractivity contribution in [2.75, 3.05) is 7.11 Å². The van der Waals surface area contributed by atoms with Gasteiger partial charge in [0.15, 0.2) is 5.78 Å². The molecule has 1 heterocycles. The summed E-state index contributed by atoms with van der Waals surface area (Å²) in [5, 5.41) is 11.5. The van der Waals surface area contributed by atoms with Gasteiger partial charge in [0.05, 0.1) is 36.4 Å². The molecule has 0 atom stereocenters. The van der Waals surface area contributed by atoms with E-state index in [0.29, 0.717) is 22.5 Å². The number of hydrogen-bond acceptors (Lipinski definition) is 5. The monoisotopic (exact) mass is 353 g/mol. The molecule has 2 aromatic rings. The number of nitriles is 1. The summed E-state index contributed by atoms with van der Waals surface area (Å²) in [7, 11) is 1.25. The van der Waals surface area contributed by atoms with Crippen LogP contribution in [0.2, 0.25) is 0 Å². The zero-order chi connectivity index (χ0) is 19.3. The van der Waals surface area contributed by atoms with Gasteiger partial charge >= 0.3 is 5.97 Å². The minimum Gasteiger partial charge on any atom is -0.465 e. The molecule has 2 N–H and O–H groups in total. The molecule has 0 radical (unpaired) electrons. The van der Waals surface area contributed by atoms with Crippen molar-refractivity contribution in [3.05, 3.63) is 57.9 Å². The quantitative estimate of drug-likeness (QED) is 0.610. The lowest BCUT2D eigenvalue weighted by atomic mass is 10.1. The second kappa shape index (κ2) is 8.12. The number of hydrogen-bond donors (Lipinski definition) is 2. The average Bonchev–Trinajstić information content (AvgIpc) is 2.96. The van der Waals surface area contributed by atoms with Crippen LogP contribution in [0, 0.1) is 18.3 Å². The third-order valence-corrected chi connectivity index (χ3v) is 3.98. The Morgan fingerprint density at radius 2 is 1.88 bits per heavy atom. The molecule has 0 aliphatic rings. The Kier molecular flexibility index (Phi) is 5.91. The molecule has 0 bridgehead atoms. The van der Waals surface area contributed by atoms with Crippen molar-refractivity contribution in [3.63, 3.8) is 0 Å². The van der Waals surface area contributed by atoms with Crippen molar-refractivity contribution in [1.82, 2.24) is 10.3 Å². The first-order valence-corrected chi connectivity index (χ1v) is 7.93. The Labute approximate surface area is 151 Å². The molecule has 0 saturated carbocycles. The normalized spacial score (nSPS) is 10.1. The summed E-state index contributed by atoms with van der Waals surface area (Å²) >= 11 is 0. The summed E-state index contributed by atoms with van der Waals surface area (Å²) in [5.74, 6) is -1.13. The molecule has 7 heteroatoms. The molecule has 0 aliphatic heterocycles. The predicted octanol–water partition coefficient (Wildman–Crippen LogP) is 2.04. The van der Waals surface area contributed by atoms with Crippen molar-refractivity contribution < 1.29 is 19.1 Å². The van der Waals surface area contributed by atoms with Crippen LogP contribution < -0.4 is 5.32 Å². The first-order chi connectivity index (χ1) is 12.4. The Hall–Kier alpha value is -3.40. The minimum absolute atomic E-state index is 0.0885. The summed E-state index contributed by atoms with van der Waals surface area (Å²) in [6.07, 6.45) is -0.0885. The van der Waals surface area contributed by atoms with Crippen LogP contribution in [-0.4, -0.2) is 29.8 Å². The summed E-state index contributed by atoms with van der Waals surface area (Å²) in [4.78, 5) is 38.8. The van der Waals surface area contributed by atoms with Gasteiger partial charge in [-0.2, -0.15) is 5.26 Å². The molecule has 0 saturated heterocycles. The van der Waals surface area contributed by atoms with Gasteiger partial charge < -0.3 is 15.0 Å². The van der Waals surface area contributed by atoms with Gasteiger partial charge in [-0.05, 0) is 30.2 Å². The van der Waals surface area contributed by atoms with Crippen LogP contribution in [0.5, 0.6) is 0 Å². The molecule has 0 spiro atoms. The molecule has 0 unspecified atom stereocenters. The van der Waals surface area contributed by atoms with Gasteiger partial charge in [-0.15, -0.1) is 0 Å². The maximum absolute atomic E-state index is 12.2. The number of aromatic nitrogens is 1. The summed E-state index contributed by atoms with van der Waals surface area (Å²) in [6, 6.07) is 8.88. The largest absolute Gasteiger partial charge is 0.465 e. The van der Waals surface area contributed by atoms with Gasteiger partial charge in [0.25, 0.3) is 0 Å². The van der Waals surface area contributed by atoms with Crippen molar-refractivity contribution in [1.29, 1.82) is 5.26 Å².